The molecule has 0 aliphatic carbocycles. The van der Waals surface area contributed by atoms with Crippen LogP contribution in [0.2, 0.25) is 0 Å². The zero-order valence-corrected chi connectivity index (χ0v) is 14.9. The maximum absolute atomic E-state index is 13.7. The molecule has 2 aromatic heterocycles. The molecule has 0 aliphatic heterocycles. The number of aromatic amines is 1. The molecule has 1 amide bonds. The van der Waals surface area contributed by atoms with Gasteiger partial charge in [0.25, 0.3) is 5.56 Å². The van der Waals surface area contributed by atoms with Crippen molar-refractivity contribution in [3.8, 4) is 11.3 Å². The molecule has 0 atom stereocenters. The quantitative estimate of drug-likeness (QED) is 0.572. The number of carbonyl (C=O) groups is 1. The van der Waals surface area contributed by atoms with E-state index in [0.717, 1.165) is 5.56 Å². The van der Waals surface area contributed by atoms with Crippen molar-refractivity contribution < 1.29 is 9.18 Å². The van der Waals surface area contributed by atoms with E-state index < -0.39 is 17.3 Å². The Morgan fingerprint density at radius 1 is 1.18 bits per heavy atom. The Hall–Kier alpha value is -3.81. The normalized spacial score (nSPS) is 10.9. The zero-order chi connectivity index (χ0) is 19.7. The minimum Gasteiger partial charge on any atom is -0.326 e. The van der Waals surface area contributed by atoms with Crippen LogP contribution in [0.5, 0.6) is 0 Å². The van der Waals surface area contributed by atoms with E-state index in [0.29, 0.717) is 16.9 Å². The molecule has 0 spiro atoms. The lowest BCUT2D eigenvalue weighted by Gasteiger charge is -2.07. The summed E-state index contributed by atoms with van der Waals surface area (Å²) < 4.78 is 15.0. The standard InChI is InChI=1S/C20H16FN5O2/c1-12-7-8-14(9-15(12)21)22-19(27)11-18-23-24-20(28)17-10-16(25-26(17)18)13-5-3-2-4-6-13/h2-10H,11H2,1H3,(H,22,27)(H,24,28). The molecule has 2 aromatic carbocycles. The highest BCUT2D eigenvalue weighted by Crippen LogP contribution is 2.18. The predicted molar refractivity (Wildman–Crippen MR) is 103 cm³/mol. The van der Waals surface area contributed by atoms with E-state index in [2.05, 4.69) is 20.6 Å². The minimum atomic E-state index is -0.403. The molecule has 8 heteroatoms. The summed E-state index contributed by atoms with van der Waals surface area (Å²) in [5.74, 6) is -0.537. The zero-order valence-electron chi connectivity index (χ0n) is 14.9. The number of hydrogen-bond donors (Lipinski definition) is 2. The van der Waals surface area contributed by atoms with Gasteiger partial charge >= 0.3 is 0 Å². The number of carbonyl (C=O) groups excluding carboxylic acids is 1. The van der Waals surface area contributed by atoms with E-state index in [1.807, 2.05) is 30.3 Å². The van der Waals surface area contributed by atoms with Crippen molar-refractivity contribution in [3.63, 3.8) is 0 Å². The Morgan fingerprint density at radius 2 is 1.96 bits per heavy atom. The van der Waals surface area contributed by atoms with Crippen molar-refractivity contribution in [2.45, 2.75) is 13.3 Å². The number of amides is 1. The van der Waals surface area contributed by atoms with Gasteiger partial charge in [-0.1, -0.05) is 36.4 Å². The summed E-state index contributed by atoms with van der Waals surface area (Å²) in [5, 5.41) is 13.4. The molecule has 28 heavy (non-hydrogen) atoms. The lowest BCUT2D eigenvalue weighted by molar-refractivity contribution is -0.115. The van der Waals surface area contributed by atoms with E-state index in [9.17, 15) is 14.0 Å². The van der Waals surface area contributed by atoms with Crippen LogP contribution in [0.3, 0.4) is 0 Å². The third-order valence-electron chi connectivity index (χ3n) is 4.32. The van der Waals surface area contributed by atoms with Crippen molar-refractivity contribution in [2.24, 2.45) is 0 Å². The summed E-state index contributed by atoms with van der Waals surface area (Å²) in [4.78, 5) is 24.5. The average molecular weight is 377 g/mol. The second kappa shape index (κ2) is 7.07. The number of benzene rings is 2. The molecule has 2 N–H and O–H groups in total. The number of rotatable bonds is 4. The molecule has 0 saturated carbocycles. The molecule has 7 nitrogen and oxygen atoms in total. The van der Waals surface area contributed by atoms with Crippen LogP contribution in [0.4, 0.5) is 10.1 Å². The fourth-order valence-corrected chi connectivity index (χ4v) is 2.84. The number of nitrogens with zero attached hydrogens (tertiary/aromatic N) is 3. The van der Waals surface area contributed by atoms with Crippen LogP contribution < -0.4 is 10.9 Å². The molecule has 4 aromatic rings. The monoisotopic (exact) mass is 377 g/mol. The number of aromatic nitrogens is 4. The van der Waals surface area contributed by atoms with Crippen LogP contribution in [-0.2, 0) is 11.2 Å². The molecule has 2 heterocycles. The Kier molecular flexibility index (Phi) is 4.44. The summed E-state index contributed by atoms with van der Waals surface area (Å²) in [6.07, 6.45) is -0.140. The van der Waals surface area contributed by atoms with Gasteiger partial charge in [-0.3, -0.25) is 9.59 Å². The maximum atomic E-state index is 13.7. The van der Waals surface area contributed by atoms with Crippen LogP contribution in [0, 0.1) is 12.7 Å². The van der Waals surface area contributed by atoms with Crippen molar-refractivity contribution in [1.29, 1.82) is 0 Å². The largest absolute Gasteiger partial charge is 0.326 e. The highest BCUT2D eigenvalue weighted by atomic mass is 19.1. The number of nitrogens with one attached hydrogen (secondary N) is 2. The van der Waals surface area contributed by atoms with Gasteiger partial charge in [-0.25, -0.2) is 14.0 Å². The Bertz CT molecular complexity index is 1230. The molecule has 0 radical (unpaired) electrons. The average Bonchev–Trinajstić information content (AvgIpc) is 3.14. The lowest BCUT2D eigenvalue weighted by atomic mass is 10.1. The minimum absolute atomic E-state index is 0.140. The van der Waals surface area contributed by atoms with Gasteiger partial charge in [-0.05, 0) is 30.7 Å². The summed E-state index contributed by atoms with van der Waals surface area (Å²) in [6, 6.07) is 15.5. The molecule has 140 valence electrons. The second-order valence-electron chi connectivity index (χ2n) is 6.35. The van der Waals surface area contributed by atoms with Gasteiger partial charge < -0.3 is 5.32 Å². The topological polar surface area (TPSA) is 92.1 Å². The van der Waals surface area contributed by atoms with Crippen LogP contribution in [0.1, 0.15) is 11.4 Å². The highest BCUT2D eigenvalue weighted by molar-refractivity contribution is 5.91. The Morgan fingerprint density at radius 3 is 2.71 bits per heavy atom. The number of fused-ring (bicyclic) bond motifs is 1. The van der Waals surface area contributed by atoms with E-state index in [4.69, 9.17) is 0 Å². The van der Waals surface area contributed by atoms with Crippen molar-refractivity contribution >= 4 is 17.1 Å². The molecule has 0 saturated heterocycles. The molecular formula is C20H16FN5O2. The maximum Gasteiger partial charge on any atom is 0.290 e. The van der Waals surface area contributed by atoms with Crippen molar-refractivity contribution in [1.82, 2.24) is 19.8 Å². The first-order valence-corrected chi connectivity index (χ1v) is 8.60. The van der Waals surface area contributed by atoms with Crippen molar-refractivity contribution in [3.05, 3.63) is 82.2 Å². The smallest absolute Gasteiger partial charge is 0.290 e. The first-order valence-electron chi connectivity index (χ1n) is 8.60. The highest BCUT2D eigenvalue weighted by Gasteiger charge is 2.15. The number of aryl methyl sites for hydroxylation is 1. The van der Waals surface area contributed by atoms with E-state index in [1.54, 1.807) is 25.1 Å². The predicted octanol–water partition coefficient (Wildman–Crippen LogP) is 2.71. The van der Waals surface area contributed by atoms with Gasteiger partial charge in [-0.2, -0.15) is 10.2 Å². The number of H-pyrrole nitrogens is 1. The summed E-state index contributed by atoms with van der Waals surface area (Å²) in [7, 11) is 0. The number of hydrogen-bond acceptors (Lipinski definition) is 4. The first-order chi connectivity index (χ1) is 13.5. The van der Waals surface area contributed by atoms with Crippen LogP contribution in [-0.4, -0.2) is 25.7 Å². The fraction of sp³-hybridized carbons (Fsp3) is 0.100. The number of anilines is 1. The molecule has 0 bridgehead atoms. The Labute approximate surface area is 158 Å². The third-order valence-corrected chi connectivity index (χ3v) is 4.32. The van der Waals surface area contributed by atoms with Gasteiger partial charge in [0.15, 0.2) is 5.82 Å². The lowest BCUT2D eigenvalue weighted by Crippen LogP contribution is -2.22. The van der Waals surface area contributed by atoms with Gasteiger partial charge in [0, 0.05) is 11.3 Å². The van der Waals surface area contributed by atoms with E-state index in [1.165, 1.54) is 10.6 Å². The summed E-state index contributed by atoms with van der Waals surface area (Å²) in [5.41, 5.74) is 2.17. The molecule has 0 aliphatic rings. The summed E-state index contributed by atoms with van der Waals surface area (Å²) >= 11 is 0. The number of halogens is 1. The summed E-state index contributed by atoms with van der Waals surface area (Å²) in [6.45, 7) is 1.64. The van der Waals surface area contributed by atoms with Gasteiger partial charge in [0.1, 0.15) is 11.3 Å². The van der Waals surface area contributed by atoms with Crippen LogP contribution in [0.15, 0.2) is 59.4 Å². The molecule has 4 rings (SSSR count). The molecular weight excluding hydrogens is 361 g/mol. The fourth-order valence-electron chi connectivity index (χ4n) is 2.84. The molecule has 0 fully saturated rings. The van der Waals surface area contributed by atoms with Gasteiger partial charge in [-0.15, -0.1) is 0 Å². The first kappa shape index (κ1) is 17.6. The Balaban J connectivity index is 1.64. The second-order valence-corrected chi connectivity index (χ2v) is 6.35. The van der Waals surface area contributed by atoms with Gasteiger partial charge in [0.2, 0.25) is 5.91 Å². The van der Waals surface area contributed by atoms with Crippen LogP contribution >= 0.6 is 0 Å². The third kappa shape index (κ3) is 3.39. The van der Waals surface area contributed by atoms with Gasteiger partial charge in [0.05, 0.1) is 12.1 Å². The van der Waals surface area contributed by atoms with E-state index in [-0.39, 0.29) is 17.8 Å². The molecule has 0 unspecified atom stereocenters. The van der Waals surface area contributed by atoms with Crippen LogP contribution in [0.25, 0.3) is 16.8 Å². The SMILES string of the molecule is Cc1ccc(NC(=O)Cc2n[nH]c(=O)c3cc(-c4ccccc4)nn23)cc1F. The van der Waals surface area contributed by atoms with E-state index >= 15 is 0 Å². The van der Waals surface area contributed by atoms with Crippen molar-refractivity contribution in [2.75, 3.05) is 5.32 Å².